The minimum absolute atomic E-state index is 0.203. The number of hydrogen-bond donors (Lipinski definition) is 1. The van der Waals surface area contributed by atoms with Crippen molar-refractivity contribution in [2.24, 2.45) is 7.05 Å². The van der Waals surface area contributed by atoms with Gasteiger partial charge in [-0.2, -0.15) is 10.2 Å². The molecule has 7 heteroatoms. The second-order valence-corrected chi connectivity index (χ2v) is 6.05. The SMILES string of the molecule is Cc1nn(Cc2ccccc2)c(C)c1NC(=O)c1nn(C)cc1Cl. The van der Waals surface area contributed by atoms with E-state index < -0.39 is 0 Å². The number of nitrogens with zero attached hydrogens (tertiary/aromatic N) is 4. The van der Waals surface area contributed by atoms with E-state index in [-0.39, 0.29) is 11.6 Å². The molecular weight excluding hydrogens is 326 g/mol. The number of halogens is 1. The van der Waals surface area contributed by atoms with Crippen LogP contribution < -0.4 is 5.32 Å². The molecule has 2 aromatic heterocycles. The maximum Gasteiger partial charge on any atom is 0.277 e. The summed E-state index contributed by atoms with van der Waals surface area (Å²) in [6.45, 7) is 4.44. The molecule has 3 rings (SSSR count). The van der Waals surface area contributed by atoms with Crippen LogP contribution >= 0.6 is 11.6 Å². The molecule has 1 N–H and O–H groups in total. The molecule has 1 amide bonds. The predicted molar refractivity (Wildman–Crippen MR) is 93.4 cm³/mol. The molecule has 0 radical (unpaired) electrons. The minimum Gasteiger partial charge on any atom is -0.317 e. The van der Waals surface area contributed by atoms with Gasteiger partial charge >= 0.3 is 0 Å². The van der Waals surface area contributed by atoms with Gasteiger partial charge in [0.05, 0.1) is 28.6 Å². The fourth-order valence-corrected chi connectivity index (χ4v) is 2.84. The second-order valence-electron chi connectivity index (χ2n) is 5.64. The lowest BCUT2D eigenvalue weighted by molar-refractivity contribution is 0.102. The maximum atomic E-state index is 12.4. The van der Waals surface area contributed by atoms with Gasteiger partial charge in [-0.3, -0.25) is 14.2 Å². The molecule has 6 nitrogen and oxygen atoms in total. The normalized spacial score (nSPS) is 10.8. The average molecular weight is 344 g/mol. The molecule has 2 heterocycles. The van der Waals surface area contributed by atoms with Gasteiger partial charge in [0, 0.05) is 13.2 Å². The summed E-state index contributed by atoms with van der Waals surface area (Å²) in [5.41, 5.74) is 3.68. The lowest BCUT2D eigenvalue weighted by atomic mass is 10.2. The Morgan fingerprint density at radius 2 is 1.92 bits per heavy atom. The van der Waals surface area contributed by atoms with Crippen molar-refractivity contribution in [2.75, 3.05) is 5.32 Å². The topological polar surface area (TPSA) is 64.7 Å². The summed E-state index contributed by atoms with van der Waals surface area (Å²) >= 11 is 6.03. The molecule has 124 valence electrons. The second kappa shape index (κ2) is 6.49. The Labute approximate surface area is 145 Å². The van der Waals surface area contributed by atoms with Crippen LogP contribution in [0, 0.1) is 13.8 Å². The number of amides is 1. The van der Waals surface area contributed by atoms with Crippen molar-refractivity contribution in [3.8, 4) is 0 Å². The molecular formula is C17H18ClN5O. The number of carbonyl (C=O) groups is 1. The summed E-state index contributed by atoms with van der Waals surface area (Å²) in [5.74, 6) is -0.342. The van der Waals surface area contributed by atoms with Gasteiger partial charge in [-0.05, 0) is 19.4 Å². The van der Waals surface area contributed by atoms with Crippen molar-refractivity contribution in [3.05, 3.63) is 64.2 Å². The number of rotatable bonds is 4. The van der Waals surface area contributed by atoms with Crippen molar-refractivity contribution in [1.82, 2.24) is 19.6 Å². The van der Waals surface area contributed by atoms with E-state index in [0.717, 1.165) is 17.0 Å². The van der Waals surface area contributed by atoms with Crippen molar-refractivity contribution in [1.29, 1.82) is 0 Å². The third-order valence-corrected chi connectivity index (χ3v) is 4.07. The largest absolute Gasteiger partial charge is 0.317 e. The van der Waals surface area contributed by atoms with E-state index >= 15 is 0 Å². The summed E-state index contributed by atoms with van der Waals surface area (Å²) < 4.78 is 3.39. The third kappa shape index (κ3) is 3.19. The number of aryl methyl sites for hydroxylation is 2. The fraction of sp³-hybridized carbons (Fsp3) is 0.235. The zero-order valence-electron chi connectivity index (χ0n) is 13.7. The van der Waals surface area contributed by atoms with Crippen molar-refractivity contribution in [3.63, 3.8) is 0 Å². The standard InChI is InChI=1S/C17H18ClN5O/c1-11-15(19-17(24)16-14(18)10-22(3)21-16)12(2)23(20-11)9-13-7-5-4-6-8-13/h4-8,10H,9H2,1-3H3,(H,19,24). The highest BCUT2D eigenvalue weighted by molar-refractivity contribution is 6.34. The summed E-state index contributed by atoms with van der Waals surface area (Å²) in [6.07, 6.45) is 1.59. The van der Waals surface area contributed by atoms with Gasteiger partial charge in [-0.15, -0.1) is 0 Å². The van der Waals surface area contributed by atoms with Crippen LogP contribution in [0.5, 0.6) is 0 Å². The van der Waals surface area contributed by atoms with Crippen molar-refractivity contribution < 1.29 is 4.79 Å². The van der Waals surface area contributed by atoms with Crippen LogP contribution in [0.3, 0.4) is 0 Å². The first-order valence-electron chi connectivity index (χ1n) is 7.54. The predicted octanol–water partition coefficient (Wildman–Crippen LogP) is 3.19. The molecule has 0 saturated carbocycles. The average Bonchev–Trinajstić information content (AvgIpc) is 3.02. The van der Waals surface area contributed by atoms with Crippen LogP contribution in [0.1, 0.15) is 27.4 Å². The van der Waals surface area contributed by atoms with E-state index in [1.165, 1.54) is 4.68 Å². The van der Waals surface area contributed by atoms with Gasteiger partial charge < -0.3 is 5.32 Å². The summed E-state index contributed by atoms with van der Waals surface area (Å²) in [5, 5.41) is 11.8. The maximum absolute atomic E-state index is 12.4. The van der Waals surface area contributed by atoms with E-state index in [2.05, 4.69) is 15.5 Å². The number of carbonyl (C=O) groups excluding carboxylic acids is 1. The van der Waals surface area contributed by atoms with E-state index in [9.17, 15) is 4.79 Å². The third-order valence-electron chi connectivity index (χ3n) is 3.79. The molecule has 0 fully saturated rings. The highest BCUT2D eigenvalue weighted by Gasteiger charge is 2.19. The molecule has 3 aromatic rings. The molecule has 1 aromatic carbocycles. The van der Waals surface area contributed by atoms with Gasteiger partial charge in [0.25, 0.3) is 5.91 Å². The number of benzene rings is 1. The molecule has 0 saturated heterocycles. The van der Waals surface area contributed by atoms with Crippen LogP contribution in [0.25, 0.3) is 0 Å². The molecule has 0 aliphatic heterocycles. The van der Waals surface area contributed by atoms with Crippen LogP contribution in [0.15, 0.2) is 36.5 Å². The first kappa shape index (κ1) is 16.3. The Morgan fingerprint density at radius 1 is 1.21 bits per heavy atom. The van der Waals surface area contributed by atoms with Crippen molar-refractivity contribution in [2.45, 2.75) is 20.4 Å². The van der Waals surface area contributed by atoms with Crippen LogP contribution in [-0.4, -0.2) is 25.5 Å². The quantitative estimate of drug-likeness (QED) is 0.791. The highest BCUT2D eigenvalue weighted by Crippen LogP contribution is 2.22. The lowest BCUT2D eigenvalue weighted by Gasteiger charge is -2.06. The van der Waals surface area contributed by atoms with Crippen LogP contribution in [-0.2, 0) is 13.6 Å². The van der Waals surface area contributed by atoms with E-state index in [1.54, 1.807) is 13.2 Å². The first-order valence-corrected chi connectivity index (χ1v) is 7.92. The molecule has 0 spiro atoms. The van der Waals surface area contributed by atoms with Gasteiger partial charge in [0.15, 0.2) is 5.69 Å². The van der Waals surface area contributed by atoms with Gasteiger partial charge in [-0.1, -0.05) is 41.9 Å². The van der Waals surface area contributed by atoms with Crippen LogP contribution in [0.4, 0.5) is 5.69 Å². The summed E-state index contributed by atoms with van der Waals surface area (Å²) in [4.78, 5) is 12.4. The first-order chi connectivity index (χ1) is 11.5. The summed E-state index contributed by atoms with van der Waals surface area (Å²) in [7, 11) is 1.72. The monoisotopic (exact) mass is 343 g/mol. The number of hydrogen-bond acceptors (Lipinski definition) is 3. The van der Waals surface area contributed by atoms with Crippen molar-refractivity contribution >= 4 is 23.2 Å². The zero-order chi connectivity index (χ0) is 17.3. The molecule has 24 heavy (non-hydrogen) atoms. The summed E-state index contributed by atoms with van der Waals surface area (Å²) in [6, 6.07) is 10.1. The van der Waals surface area contributed by atoms with Gasteiger partial charge in [-0.25, -0.2) is 0 Å². The molecule has 0 aliphatic carbocycles. The Bertz CT molecular complexity index is 882. The molecule has 0 aliphatic rings. The van der Waals surface area contributed by atoms with Gasteiger partial charge in [0.2, 0.25) is 0 Å². The Kier molecular flexibility index (Phi) is 4.40. The minimum atomic E-state index is -0.342. The van der Waals surface area contributed by atoms with Crippen LogP contribution in [0.2, 0.25) is 5.02 Å². The Hall–Kier alpha value is -2.60. The molecule has 0 unspecified atom stereocenters. The number of nitrogens with one attached hydrogen (secondary N) is 1. The number of aromatic nitrogens is 4. The van der Waals surface area contributed by atoms with Gasteiger partial charge in [0.1, 0.15) is 0 Å². The molecule has 0 bridgehead atoms. The highest BCUT2D eigenvalue weighted by atomic mass is 35.5. The zero-order valence-corrected chi connectivity index (χ0v) is 14.5. The fourth-order valence-electron chi connectivity index (χ4n) is 2.57. The molecule has 0 atom stereocenters. The Balaban J connectivity index is 1.84. The lowest BCUT2D eigenvalue weighted by Crippen LogP contribution is -2.15. The number of anilines is 1. The van der Waals surface area contributed by atoms with E-state index in [1.807, 2.05) is 48.9 Å². The van der Waals surface area contributed by atoms with E-state index in [0.29, 0.717) is 17.3 Å². The smallest absolute Gasteiger partial charge is 0.277 e. The van der Waals surface area contributed by atoms with E-state index in [4.69, 9.17) is 11.6 Å². The Morgan fingerprint density at radius 3 is 2.54 bits per heavy atom.